The first kappa shape index (κ1) is 19.0. The molecule has 0 spiro atoms. The van der Waals surface area contributed by atoms with E-state index in [1.165, 1.54) is 11.1 Å². The molecule has 0 unspecified atom stereocenters. The Morgan fingerprint density at radius 3 is 2.79 bits per heavy atom. The molecule has 5 heteroatoms. The van der Waals surface area contributed by atoms with Crippen molar-refractivity contribution in [3.05, 3.63) is 59.7 Å². The van der Waals surface area contributed by atoms with Crippen LogP contribution in [-0.2, 0) is 17.8 Å². The average molecular weight is 380 g/mol. The van der Waals surface area contributed by atoms with Gasteiger partial charge in [-0.25, -0.2) is 0 Å². The number of anilines is 1. The lowest BCUT2D eigenvalue weighted by atomic mass is 10.1. The maximum absolute atomic E-state index is 12.9. The first-order chi connectivity index (χ1) is 13.6. The molecule has 0 radical (unpaired) electrons. The predicted octanol–water partition coefficient (Wildman–Crippen LogP) is 2.79. The van der Waals surface area contributed by atoms with Crippen LogP contribution in [0.4, 0.5) is 5.69 Å². The Hall–Kier alpha value is -2.37. The highest BCUT2D eigenvalue weighted by Gasteiger charge is 2.29. The lowest BCUT2D eigenvalue weighted by molar-refractivity contribution is -0.120. The minimum Gasteiger partial charge on any atom is -0.497 e. The largest absolute Gasteiger partial charge is 0.497 e. The molecule has 148 valence electrons. The van der Waals surface area contributed by atoms with Crippen LogP contribution in [0.3, 0.4) is 0 Å². The molecule has 28 heavy (non-hydrogen) atoms. The summed E-state index contributed by atoms with van der Waals surface area (Å²) in [5, 5.41) is 0. The average Bonchev–Trinajstić information content (AvgIpc) is 3.14. The van der Waals surface area contributed by atoms with Gasteiger partial charge in [0.1, 0.15) is 5.75 Å². The van der Waals surface area contributed by atoms with Crippen molar-refractivity contribution in [1.29, 1.82) is 0 Å². The summed E-state index contributed by atoms with van der Waals surface area (Å²) in [6.07, 6.45) is 0.964. The van der Waals surface area contributed by atoms with E-state index in [9.17, 15) is 4.79 Å². The number of piperazine rings is 1. The molecule has 0 aromatic heterocycles. The summed E-state index contributed by atoms with van der Waals surface area (Å²) >= 11 is 0. The molecule has 1 amide bonds. The smallest absolute Gasteiger partial charge is 0.241 e. The lowest BCUT2D eigenvalue weighted by Crippen LogP contribution is -2.54. The molecule has 0 N–H and O–H groups in total. The number of benzene rings is 2. The summed E-state index contributed by atoms with van der Waals surface area (Å²) in [6, 6.07) is 16.9. The van der Waals surface area contributed by atoms with E-state index in [0.717, 1.165) is 50.6 Å². The van der Waals surface area contributed by atoms with Crippen molar-refractivity contribution in [3.63, 3.8) is 0 Å². The van der Waals surface area contributed by atoms with Crippen LogP contribution in [0.1, 0.15) is 18.1 Å². The van der Waals surface area contributed by atoms with Crippen LogP contribution in [-0.4, -0.2) is 61.6 Å². The zero-order valence-electron chi connectivity index (χ0n) is 16.8. The van der Waals surface area contributed by atoms with Gasteiger partial charge in [-0.15, -0.1) is 0 Å². The van der Waals surface area contributed by atoms with E-state index in [1.807, 2.05) is 23.1 Å². The highest BCUT2D eigenvalue weighted by molar-refractivity contribution is 5.96. The summed E-state index contributed by atoms with van der Waals surface area (Å²) in [4.78, 5) is 19.7. The Morgan fingerprint density at radius 1 is 1.11 bits per heavy atom. The van der Waals surface area contributed by atoms with Gasteiger partial charge in [-0.1, -0.05) is 30.3 Å². The lowest BCUT2D eigenvalue weighted by Gasteiger charge is -2.40. The van der Waals surface area contributed by atoms with E-state index in [-0.39, 0.29) is 5.91 Å². The maximum atomic E-state index is 12.9. The van der Waals surface area contributed by atoms with Crippen molar-refractivity contribution in [3.8, 4) is 5.75 Å². The van der Waals surface area contributed by atoms with Gasteiger partial charge >= 0.3 is 0 Å². The van der Waals surface area contributed by atoms with Crippen LogP contribution >= 0.6 is 0 Å². The molecule has 2 aliphatic heterocycles. The molecule has 5 nitrogen and oxygen atoms in total. The van der Waals surface area contributed by atoms with Crippen LogP contribution in [0.15, 0.2) is 48.5 Å². The third kappa shape index (κ3) is 4.05. The SMILES string of the molecule is COc1cccc(CN2CCN(CC(=O)N3CCc4ccccc43)[C@@H](C)C2)c1. The summed E-state index contributed by atoms with van der Waals surface area (Å²) in [6.45, 7) is 7.33. The zero-order chi connectivity index (χ0) is 19.5. The Balaban J connectivity index is 1.32. The highest BCUT2D eigenvalue weighted by atomic mass is 16.5. The number of nitrogens with zero attached hydrogens (tertiary/aromatic N) is 3. The van der Waals surface area contributed by atoms with Gasteiger partial charge in [-0.2, -0.15) is 0 Å². The molecule has 0 bridgehead atoms. The Morgan fingerprint density at radius 2 is 1.96 bits per heavy atom. The van der Waals surface area contributed by atoms with E-state index < -0.39 is 0 Å². The number of carbonyl (C=O) groups excluding carboxylic acids is 1. The molecule has 2 aromatic carbocycles. The number of para-hydroxylation sites is 1. The van der Waals surface area contributed by atoms with Crippen LogP contribution in [0.5, 0.6) is 5.75 Å². The second-order valence-corrected chi connectivity index (χ2v) is 7.83. The normalized spacial score (nSPS) is 20.2. The Bertz CT molecular complexity index is 838. The van der Waals surface area contributed by atoms with Gasteiger partial charge in [-0.05, 0) is 42.7 Å². The molecular weight excluding hydrogens is 350 g/mol. The fourth-order valence-corrected chi connectivity index (χ4v) is 4.33. The third-order valence-electron chi connectivity index (χ3n) is 5.92. The molecule has 0 aliphatic carbocycles. The number of fused-ring (bicyclic) bond motifs is 1. The van der Waals surface area contributed by atoms with Gasteiger partial charge in [0.15, 0.2) is 0 Å². The first-order valence-corrected chi connectivity index (χ1v) is 10.1. The van der Waals surface area contributed by atoms with Crippen LogP contribution in [0, 0.1) is 0 Å². The third-order valence-corrected chi connectivity index (χ3v) is 5.92. The molecule has 2 aromatic rings. The van der Waals surface area contributed by atoms with Crippen molar-refractivity contribution in [2.75, 3.05) is 44.7 Å². The van der Waals surface area contributed by atoms with Crippen molar-refractivity contribution in [1.82, 2.24) is 9.80 Å². The van der Waals surface area contributed by atoms with E-state index in [0.29, 0.717) is 12.6 Å². The van der Waals surface area contributed by atoms with Gasteiger partial charge < -0.3 is 9.64 Å². The quantitative estimate of drug-likeness (QED) is 0.800. The number of carbonyl (C=O) groups is 1. The van der Waals surface area contributed by atoms with Crippen molar-refractivity contribution < 1.29 is 9.53 Å². The van der Waals surface area contributed by atoms with E-state index in [4.69, 9.17) is 4.74 Å². The van der Waals surface area contributed by atoms with Crippen molar-refractivity contribution >= 4 is 11.6 Å². The van der Waals surface area contributed by atoms with Crippen LogP contribution in [0.2, 0.25) is 0 Å². The number of ether oxygens (including phenoxy) is 1. The highest BCUT2D eigenvalue weighted by Crippen LogP contribution is 2.27. The topological polar surface area (TPSA) is 36.0 Å². The summed E-state index contributed by atoms with van der Waals surface area (Å²) in [5.41, 5.74) is 3.65. The fraction of sp³-hybridized carbons (Fsp3) is 0.435. The zero-order valence-corrected chi connectivity index (χ0v) is 16.8. The number of methoxy groups -OCH3 is 1. The molecule has 1 saturated heterocycles. The molecular formula is C23H29N3O2. The van der Waals surface area contributed by atoms with Gasteiger partial charge in [-0.3, -0.25) is 14.6 Å². The molecule has 2 heterocycles. The van der Waals surface area contributed by atoms with Gasteiger partial charge in [0.2, 0.25) is 5.91 Å². The molecule has 0 saturated carbocycles. The number of hydrogen-bond donors (Lipinski definition) is 0. The first-order valence-electron chi connectivity index (χ1n) is 10.1. The van der Waals surface area contributed by atoms with Crippen LogP contribution in [0.25, 0.3) is 0 Å². The van der Waals surface area contributed by atoms with Crippen molar-refractivity contribution in [2.45, 2.75) is 25.9 Å². The second kappa shape index (κ2) is 8.33. The summed E-state index contributed by atoms with van der Waals surface area (Å²) in [7, 11) is 1.70. The van der Waals surface area contributed by atoms with E-state index >= 15 is 0 Å². The van der Waals surface area contributed by atoms with E-state index in [1.54, 1.807) is 7.11 Å². The van der Waals surface area contributed by atoms with Gasteiger partial charge in [0.05, 0.1) is 13.7 Å². The molecule has 1 fully saturated rings. The molecule has 4 rings (SSSR count). The standard InChI is InChI=1S/C23H29N3O2/c1-18-15-24(16-19-6-5-8-21(14-19)28-2)12-13-25(18)17-23(27)26-11-10-20-7-3-4-9-22(20)26/h3-9,14,18H,10-13,15-17H2,1-2H3/t18-/m0/s1. The molecule has 2 aliphatic rings. The summed E-state index contributed by atoms with van der Waals surface area (Å²) < 4.78 is 5.33. The minimum atomic E-state index is 0.220. The fourth-order valence-electron chi connectivity index (χ4n) is 4.33. The number of hydrogen-bond acceptors (Lipinski definition) is 4. The number of rotatable bonds is 5. The van der Waals surface area contributed by atoms with Crippen molar-refractivity contribution in [2.24, 2.45) is 0 Å². The van der Waals surface area contributed by atoms with E-state index in [2.05, 4.69) is 47.1 Å². The second-order valence-electron chi connectivity index (χ2n) is 7.83. The Labute approximate surface area is 167 Å². The summed E-state index contributed by atoms with van der Waals surface area (Å²) in [5.74, 6) is 1.12. The predicted molar refractivity (Wildman–Crippen MR) is 112 cm³/mol. The van der Waals surface area contributed by atoms with Crippen LogP contribution < -0.4 is 9.64 Å². The van der Waals surface area contributed by atoms with Gasteiger partial charge in [0, 0.05) is 44.5 Å². The number of amides is 1. The monoisotopic (exact) mass is 379 g/mol. The Kier molecular flexibility index (Phi) is 5.64. The minimum absolute atomic E-state index is 0.220. The van der Waals surface area contributed by atoms with Gasteiger partial charge in [0.25, 0.3) is 0 Å². The maximum Gasteiger partial charge on any atom is 0.241 e. The molecule has 1 atom stereocenters.